The predicted molar refractivity (Wildman–Crippen MR) is 646 cm³/mol. The van der Waals surface area contributed by atoms with E-state index in [1.807, 2.05) is 24.8 Å². The van der Waals surface area contributed by atoms with E-state index in [1.165, 1.54) is 94.4 Å². The van der Waals surface area contributed by atoms with Crippen molar-refractivity contribution in [2.24, 2.45) is 0 Å². The van der Waals surface area contributed by atoms with Gasteiger partial charge in [0.2, 0.25) is 0 Å². The average Bonchev–Trinajstić information content (AvgIpc) is 0.772. The highest BCUT2D eigenvalue weighted by molar-refractivity contribution is 5.62. The highest BCUT2D eigenvalue weighted by Gasteiger charge is 2.27. The van der Waals surface area contributed by atoms with E-state index in [4.69, 9.17) is 0 Å². The minimum absolute atomic E-state index is 0.0579. The summed E-state index contributed by atoms with van der Waals surface area (Å²) in [5.41, 5.74) is 15.7. The number of hydrogen-bond acceptors (Lipinski definition) is 28. The molecule has 0 spiro atoms. The number of pyridine rings is 4. The molecule has 0 aliphatic carbocycles. The van der Waals surface area contributed by atoms with E-state index >= 15 is 0 Å². The summed E-state index contributed by atoms with van der Waals surface area (Å²) in [5.74, 6) is 3.78. The fraction of sp³-hybridized carbons (Fsp3) is 0.633. The molecule has 8 aliphatic heterocycles. The molecule has 28 nitrogen and oxygen atoms in total. The van der Waals surface area contributed by atoms with Gasteiger partial charge in [0.1, 0.15) is 23.3 Å². The van der Waals surface area contributed by atoms with Gasteiger partial charge < -0.3 is 111 Å². The van der Waals surface area contributed by atoms with Gasteiger partial charge in [0, 0.05) is 311 Å². The Morgan fingerprint density at radius 1 is 0.169 bits per heavy atom. The fourth-order valence-electron chi connectivity index (χ4n) is 18.3. The third kappa shape index (κ3) is 46.8. The molecule has 0 radical (unpaired) electrons. The standard InChI is InChI=1S/2C17H29N3.2C15H25N3.4C14H24N4/c2*1-14(2)19-10-12-20(13-11-19)16-8-6-15(7-9-16)18-17(3,4)5;2*1-15(2,3)16-13-5-7-14(8-6-13)18-11-9-17(4)10-12-18;4*1-14(2,3)16-13-6-5-12(11-15-13)18-9-7-17(4)8-10-18/h2*6-9,14,18H,10-13H2,1-5H3;2*5-8,16H,9-12H2,1-4H3;4*5-6,11H,7-10H2,1-4H3,(H,15,16). The van der Waals surface area contributed by atoms with Crippen LogP contribution in [0.25, 0.3) is 0 Å². The lowest BCUT2D eigenvalue weighted by molar-refractivity contribution is 0.209. The first-order chi connectivity index (χ1) is 69.3. The van der Waals surface area contributed by atoms with E-state index in [9.17, 15) is 0 Å². The Morgan fingerprint density at radius 3 is 0.419 bits per heavy atom. The van der Waals surface area contributed by atoms with Crippen LogP contribution in [-0.4, -0.2) is 367 Å². The number of piperazine rings is 8. The predicted octanol–water partition coefficient (Wildman–Crippen LogP) is 20.3. The smallest absolute Gasteiger partial charge is 0.126 e. The average molecular weight is 2040 g/mol. The number of likely N-dealkylation sites (N-methyl/N-ethyl adjacent to an activating group) is 6. The quantitative estimate of drug-likeness (QED) is 0.0403. The van der Waals surface area contributed by atoms with E-state index in [-0.39, 0.29) is 44.3 Å². The molecule has 0 amide bonds. The minimum Gasteiger partial charge on any atom is -0.380 e. The van der Waals surface area contributed by atoms with Crippen LogP contribution in [0.5, 0.6) is 0 Å². The first kappa shape index (κ1) is 121. The normalized spacial score (nSPS) is 17.8. The van der Waals surface area contributed by atoms with Crippen molar-refractivity contribution in [3.05, 3.63) is 170 Å². The van der Waals surface area contributed by atoms with Crippen molar-refractivity contribution in [3.63, 3.8) is 0 Å². The monoisotopic (exact) mass is 2040 g/mol. The maximum Gasteiger partial charge on any atom is 0.126 e. The molecule has 0 saturated carbocycles. The van der Waals surface area contributed by atoms with Gasteiger partial charge in [0.05, 0.1) is 47.5 Å². The van der Waals surface area contributed by atoms with E-state index in [0.29, 0.717) is 12.1 Å². The third-order valence-corrected chi connectivity index (χ3v) is 26.6. The van der Waals surface area contributed by atoms with Gasteiger partial charge in [-0.2, -0.15) is 0 Å². The van der Waals surface area contributed by atoms with E-state index < -0.39 is 0 Å². The number of hydrogen-bond donors (Lipinski definition) is 8. The van der Waals surface area contributed by atoms with Crippen molar-refractivity contribution in [1.29, 1.82) is 0 Å². The summed E-state index contributed by atoms with van der Waals surface area (Å²) in [5, 5.41) is 27.5. The summed E-state index contributed by atoms with van der Waals surface area (Å²) in [4.78, 5) is 56.7. The Kier molecular flexibility index (Phi) is 46.3. The first-order valence-electron chi connectivity index (χ1n) is 55.4. The van der Waals surface area contributed by atoms with Gasteiger partial charge in [-0.15, -0.1) is 0 Å². The van der Waals surface area contributed by atoms with Crippen molar-refractivity contribution < 1.29 is 0 Å². The maximum atomic E-state index is 4.49. The van der Waals surface area contributed by atoms with Crippen LogP contribution < -0.4 is 81.7 Å². The zero-order valence-electron chi connectivity index (χ0n) is 98.9. The Hall–Kier alpha value is -10.0. The van der Waals surface area contributed by atoms with Gasteiger partial charge >= 0.3 is 0 Å². The lowest BCUT2D eigenvalue weighted by atomic mass is 10.1. The molecule has 28 heteroatoms. The molecule has 8 fully saturated rings. The highest BCUT2D eigenvalue weighted by atomic mass is 15.3. The molecule has 148 heavy (non-hydrogen) atoms. The van der Waals surface area contributed by atoms with Gasteiger partial charge in [-0.3, -0.25) is 9.80 Å². The summed E-state index contributed by atoms with van der Waals surface area (Å²) in [6.07, 6.45) is 7.89. The number of benzene rings is 4. The van der Waals surface area contributed by atoms with Crippen LogP contribution in [0.15, 0.2) is 170 Å². The van der Waals surface area contributed by atoms with Gasteiger partial charge in [-0.05, 0) is 382 Å². The Labute approximate surface area is 899 Å². The number of anilines is 16. The van der Waals surface area contributed by atoms with Crippen molar-refractivity contribution in [2.45, 2.75) is 250 Å². The molecule has 8 N–H and O–H groups in total. The van der Waals surface area contributed by atoms with Crippen molar-refractivity contribution >= 4 is 91.5 Å². The third-order valence-electron chi connectivity index (χ3n) is 26.6. The Bertz CT molecular complexity index is 4260. The molecule has 4 aromatic carbocycles. The number of nitrogens with one attached hydrogen (secondary N) is 8. The number of rotatable bonds is 18. The molecular weight excluding hydrogens is 1830 g/mol. The first-order valence-corrected chi connectivity index (χ1v) is 55.4. The van der Waals surface area contributed by atoms with Crippen molar-refractivity contribution in [1.82, 2.24) is 59.1 Å². The second-order valence-electron chi connectivity index (χ2n) is 50.8. The molecule has 4 aromatic heterocycles. The lowest BCUT2D eigenvalue weighted by Crippen LogP contribution is -2.48. The number of aromatic nitrogens is 4. The number of nitrogens with zero attached hydrogens (tertiary/aromatic N) is 20. The second kappa shape index (κ2) is 56.4. The highest BCUT2D eigenvalue weighted by Crippen LogP contribution is 2.31. The van der Waals surface area contributed by atoms with E-state index in [0.717, 1.165) is 207 Å². The minimum atomic E-state index is 0.0579. The molecule has 8 saturated heterocycles. The van der Waals surface area contributed by atoms with Crippen LogP contribution in [-0.2, 0) is 0 Å². The molecule has 8 aromatic rings. The fourth-order valence-corrected chi connectivity index (χ4v) is 18.3. The Morgan fingerprint density at radius 2 is 0.297 bits per heavy atom. The van der Waals surface area contributed by atoms with Gasteiger partial charge in [-0.25, -0.2) is 19.9 Å². The Balaban J connectivity index is 0.000000188. The van der Waals surface area contributed by atoms with Gasteiger partial charge in [0.15, 0.2) is 0 Å². The molecule has 0 unspecified atom stereocenters. The van der Waals surface area contributed by atoms with Gasteiger partial charge in [0.25, 0.3) is 0 Å². The zero-order chi connectivity index (χ0) is 109. The summed E-state index contributed by atoms with van der Waals surface area (Å²) in [6.45, 7) is 97.1. The van der Waals surface area contributed by atoms with E-state index in [2.05, 4.69) is 523 Å². The van der Waals surface area contributed by atoms with Crippen LogP contribution in [0.3, 0.4) is 0 Å². The maximum absolute atomic E-state index is 4.49. The van der Waals surface area contributed by atoms with Crippen LogP contribution >= 0.6 is 0 Å². The topological polar surface area (TPSA) is 200 Å². The van der Waals surface area contributed by atoms with Crippen molar-refractivity contribution in [3.8, 4) is 0 Å². The zero-order valence-corrected chi connectivity index (χ0v) is 98.9. The van der Waals surface area contributed by atoms with Crippen LogP contribution in [0.4, 0.5) is 91.5 Å². The molecule has 12 heterocycles. The van der Waals surface area contributed by atoms with Crippen LogP contribution in [0, 0.1) is 0 Å². The van der Waals surface area contributed by atoms with Gasteiger partial charge in [-0.1, -0.05) is 0 Å². The summed E-state index contributed by atoms with van der Waals surface area (Å²) in [7, 11) is 13.1. The lowest BCUT2D eigenvalue weighted by Gasteiger charge is -2.38. The molecule has 824 valence electrons. The molecule has 8 aliphatic rings. The summed E-state index contributed by atoms with van der Waals surface area (Å²) >= 11 is 0. The summed E-state index contributed by atoms with van der Waals surface area (Å²) < 4.78 is 0. The van der Waals surface area contributed by atoms with E-state index in [1.54, 1.807) is 0 Å². The SMILES string of the molecule is CC(C)N1CCN(c2ccc(NC(C)(C)C)cc2)CC1.CC(C)N1CCN(c2ccc(NC(C)(C)C)cc2)CC1.CN1CCN(c2ccc(NC(C)(C)C)cc2)CC1.CN1CCN(c2ccc(NC(C)(C)C)cc2)CC1.CN1CCN(c2ccc(NC(C)(C)C)nc2)CC1.CN1CCN(c2ccc(NC(C)(C)C)nc2)CC1.CN1CCN(c2ccc(NC(C)(C)C)nc2)CC1.CN1CCN(c2ccc(NC(C)(C)C)nc2)CC1. The summed E-state index contributed by atoms with van der Waals surface area (Å²) in [6, 6.07) is 53.5. The molecule has 0 bridgehead atoms. The molecule has 0 atom stereocenters. The largest absolute Gasteiger partial charge is 0.380 e. The van der Waals surface area contributed by atoms with Crippen molar-refractivity contribution in [2.75, 3.05) is 333 Å². The molecular formula is C120H204N28. The van der Waals surface area contributed by atoms with Crippen LogP contribution in [0.1, 0.15) is 194 Å². The second-order valence-corrected chi connectivity index (χ2v) is 50.8. The molecule has 16 rings (SSSR count). The van der Waals surface area contributed by atoms with Crippen LogP contribution in [0.2, 0.25) is 0 Å².